The lowest BCUT2D eigenvalue weighted by molar-refractivity contribution is -0.119. The summed E-state index contributed by atoms with van der Waals surface area (Å²) in [5.74, 6) is -0.444. The zero-order chi connectivity index (χ0) is 17.6. The van der Waals surface area contributed by atoms with E-state index in [4.69, 9.17) is 4.55 Å². The van der Waals surface area contributed by atoms with Crippen LogP contribution < -0.4 is 5.32 Å². The molecule has 0 aromatic heterocycles. The van der Waals surface area contributed by atoms with Crippen molar-refractivity contribution in [3.63, 3.8) is 0 Å². The Morgan fingerprint density at radius 2 is 1.67 bits per heavy atom. The van der Waals surface area contributed by atoms with Gasteiger partial charge in [0.05, 0.1) is 5.92 Å². The van der Waals surface area contributed by atoms with Crippen molar-refractivity contribution >= 4 is 34.3 Å². The molecule has 5 nitrogen and oxygen atoms in total. The van der Waals surface area contributed by atoms with Gasteiger partial charge in [-0.05, 0) is 29.7 Å². The van der Waals surface area contributed by atoms with Crippen LogP contribution in [-0.2, 0) is 27.1 Å². The molecule has 0 fully saturated rings. The maximum absolute atomic E-state index is 12.4. The molecule has 0 spiro atoms. The summed E-state index contributed by atoms with van der Waals surface area (Å²) in [5.41, 5.74) is 2.08. The van der Waals surface area contributed by atoms with Crippen molar-refractivity contribution < 1.29 is 17.8 Å². The number of benzene rings is 2. The maximum atomic E-state index is 12.4. The smallest absolute Gasteiger partial charge is 0.269 e. The molecule has 0 saturated heterocycles. The highest BCUT2D eigenvalue weighted by atomic mass is 32.2. The van der Waals surface area contributed by atoms with Crippen molar-refractivity contribution in [3.05, 3.63) is 65.7 Å². The van der Waals surface area contributed by atoms with Gasteiger partial charge < -0.3 is 5.32 Å². The molecule has 2 rings (SSSR count). The largest absolute Gasteiger partial charge is 0.326 e. The van der Waals surface area contributed by atoms with Gasteiger partial charge in [0.1, 0.15) is 5.75 Å². The summed E-state index contributed by atoms with van der Waals surface area (Å²) in [7, 11) is -4.06. The lowest BCUT2D eigenvalue weighted by Crippen LogP contribution is -2.26. The van der Waals surface area contributed by atoms with Crippen molar-refractivity contribution in [2.75, 3.05) is 11.1 Å². The Hall–Kier alpha value is -1.83. The Morgan fingerprint density at radius 1 is 1.04 bits per heavy atom. The van der Waals surface area contributed by atoms with E-state index in [-0.39, 0.29) is 11.8 Å². The number of rotatable bonds is 7. The standard InChI is InChI=1S/C17H19NO4S2/c19-17(15(11-23)10-13-4-2-1-3-5-13)18-16-8-6-14(7-9-16)12-24(20,21)22/h1-9,15,23H,10-12H2,(H,18,19)(H,20,21,22). The Morgan fingerprint density at radius 3 is 2.21 bits per heavy atom. The van der Waals surface area contributed by atoms with Crippen LogP contribution in [0.3, 0.4) is 0 Å². The first kappa shape index (κ1) is 18.5. The molecule has 0 bridgehead atoms. The minimum atomic E-state index is -4.06. The van der Waals surface area contributed by atoms with E-state index in [1.54, 1.807) is 24.3 Å². The quantitative estimate of drug-likeness (QED) is 0.520. The monoisotopic (exact) mass is 365 g/mol. The van der Waals surface area contributed by atoms with Crippen molar-refractivity contribution in [3.8, 4) is 0 Å². The van der Waals surface area contributed by atoms with Gasteiger partial charge >= 0.3 is 0 Å². The van der Waals surface area contributed by atoms with Crippen LogP contribution >= 0.6 is 12.6 Å². The molecule has 0 heterocycles. The number of thiol groups is 1. The number of anilines is 1. The van der Waals surface area contributed by atoms with Gasteiger partial charge in [-0.1, -0.05) is 42.5 Å². The SMILES string of the molecule is O=C(Nc1ccc(CS(=O)(=O)O)cc1)C(CS)Cc1ccccc1. The predicted molar refractivity (Wildman–Crippen MR) is 97.8 cm³/mol. The van der Waals surface area contributed by atoms with E-state index in [1.165, 1.54) is 0 Å². The van der Waals surface area contributed by atoms with Crippen LogP contribution in [0.25, 0.3) is 0 Å². The molecule has 128 valence electrons. The van der Waals surface area contributed by atoms with Crippen LogP contribution in [0.4, 0.5) is 5.69 Å². The normalized spacial score (nSPS) is 12.6. The zero-order valence-corrected chi connectivity index (χ0v) is 14.6. The molecule has 0 aliphatic carbocycles. The molecule has 0 aliphatic heterocycles. The first-order chi connectivity index (χ1) is 11.4. The number of amides is 1. The van der Waals surface area contributed by atoms with Crippen molar-refractivity contribution in [2.45, 2.75) is 12.2 Å². The molecule has 2 N–H and O–H groups in total. The summed E-state index contributed by atoms with van der Waals surface area (Å²) in [6.45, 7) is 0. The van der Waals surface area contributed by atoms with Gasteiger partial charge in [-0.3, -0.25) is 9.35 Å². The average molecular weight is 365 g/mol. The highest BCUT2D eigenvalue weighted by molar-refractivity contribution is 7.85. The number of hydrogen-bond donors (Lipinski definition) is 3. The predicted octanol–water partition coefficient (Wildman–Crippen LogP) is 2.80. The third-order valence-corrected chi connectivity index (χ3v) is 4.63. The maximum Gasteiger partial charge on any atom is 0.269 e. The lowest BCUT2D eigenvalue weighted by Gasteiger charge is -2.15. The molecule has 1 amide bonds. The fourth-order valence-corrected chi connectivity index (χ4v) is 3.19. The number of carbonyl (C=O) groups excluding carboxylic acids is 1. The fourth-order valence-electron chi connectivity index (χ4n) is 2.28. The third kappa shape index (κ3) is 5.99. The molecule has 0 aliphatic rings. The molecule has 24 heavy (non-hydrogen) atoms. The van der Waals surface area contributed by atoms with E-state index in [9.17, 15) is 13.2 Å². The van der Waals surface area contributed by atoms with Gasteiger partial charge in [-0.25, -0.2) is 0 Å². The summed E-state index contributed by atoms with van der Waals surface area (Å²) in [4.78, 5) is 12.4. The van der Waals surface area contributed by atoms with Crippen LogP contribution in [0.2, 0.25) is 0 Å². The number of nitrogens with one attached hydrogen (secondary N) is 1. The van der Waals surface area contributed by atoms with Crippen LogP contribution in [0.1, 0.15) is 11.1 Å². The van der Waals surface area contributed by atoms with Crippen molar-refractivity contribution in [2.24, 2.45) is 5.92 Å². The van der Waals surface area contributed by atoms with Crippen molar-refractivity contribution in [1.29, 1.82) is 0 Å². The van der Waals surface area contributed by atoms with Gasteiger partial charge in [0.2, 0.25) is 5.91 Å². The first-order valence-electron chi connectivity index (χ1n) is 7.37. The summed E-state index contributed by atoms with van der Waals surface area (Å²) < 4.78 is 30.5. The molecule has 0 radical (unpaired) electrons. The highest BCUT2D eigenvalue weighted by Crippen LogP contribution is 2.16. The zero-order valence-electron chi connectivity index (χ0n) is 12.9. The molecule has 1 unspecified atom stereocenters. The van der Waals surface area contributed by atoms with Crippen LogP contribution in [-0.4, -0.2) is 24.6 Å². The molecule has 0 saturated carbocycles. The van der Waals surface area contributed by atoms with Crippen LogP contribution in [0, 0.1) is 5.92 Å². The minimum absolute atomic E-state index is 0.142. The lowest BCUT2D eigenvalue weighted by atomic mass is 10.00. The summed E-state index contributed by atoms with van der Waals surface area (Å²) in [6.07, 6.45) is 0.594. The summed E-state index contributed by atoms with van der Waals surface area (Å²) >= 11 is 4.26. The number of carbonyl (C=O) groups is 1. The van der Waals surface area contributed by atoms with E-state index in [2.05, 4.69) is 17.9 Å². The topological polar surface area (TPSA) is 83.5 Å². The molecular formula is C17H19NO4S2. The van der Waals surface area contributed by atoms with Crippen LogP contribution in [0.15, 0.2) is 54.6 Å². The fraction of sp³-hybridized carbons (Fsp3) is 0.235. The molecule has 7 heteroatoms. The number of hydrogen-bond acceptors (Lipinski definition) is 4. The van der Waals surface area contributed by atoms with E-state index < -0.39 is 15.9 Å². The van der Waals surface area contributed by atoms with E-state index in [0.29, 0.717) is 23.4 Å². The van der Waals surface area contributed by atoms with Gasteiger partial charge in [-0.15, -0.1) is 0 Å². The average Bonchev–Trinajstić information content (AvgIpc) is 2.54. The summed E-state index contributed by atoms with van der Waals surface area (Å²) in [5, 5.41) is 2.80. The first-order valence-corrected chi connectivity index (χ1v) is 9.61. The second kappa shape index (κ2) is 8.32. The third-order valence-electron chi connectivity index (χ3n) is 3.49. The summed E-state index contributed by atoms with van der Waals surface area (Å²) in [6, 6.07) is 16.0. The van der Waals surface area contributed by atoms with Gasteiger partial charge in [0.15, 0.2) is 0 Å². The van der Waals surface area contributed by atoms with E-state index in [1.807, 2.05) is 30.3 Å². The van der Waals surface area contributed by atoms with Crippen LogP contribution in [0.5, 0.6) is 0 Å². The van der Waals surface area contributed by atoms with Crippen molar-refractivity contribution in [1.82, 2.24) is 0 Å². The Bertz CT molecular complexity index is 774. The Labute approximate surface area is 147 Å². The second-order valence-corrected chi connectivity index (χ2v) is 7.30. The molecule has 2 aromatic carbocycles. The molecule has 1 atom stereocenters. The van der Waals surface area contributed by atoms with Gasteiger partial charge in [0.25, 0.3) is 10.1 Å². The Balaban J connectivity index is 1.99. The molecule has 2 aromatic rings. The Kier molecular flexibility index (Phi) is 6.42. The second-order valence-electron chi connectivity index (χ2n) is 5.48. The minimum Gasteiger partial charge on any atom is -0.326 e. The van der Waals surface area contributed by atoms with Gasteiger partial charge in [-0.2, -0.15) is 21.0 Å². The molecular weight excluding hydrogens is 346 g/mol. The van der Waals surface area contributed by atoms with Gasteiger partial charge in [0, 0.05) is 11.4 Å². The van der Waals surface area contributed by atoms with E-state index >= 15 is 0 Å². The van der Waals surface area contributed by atoms with E-state index in [0.717, 1.165) is 5.56 Å². The highest BCUT2D eigenvalue weighted by Gasteiger charge is 2.17.